The van der Waals surface area contributed by atoms with Crippen molar-refractivity contribution in [3.05, 3.63) is 59.6 Å². The molecular weight excluding hydrogens is 419 g/mol. The summed E-state index contributed by atoms with van der Waals surface area (Å²) in [6.45, 7) is 3.23. The smallest absolute Gasteiger partial charge is 0.417 e. The maximum absolute atomic E-state index is 13.2. The highest BCUT2D eigenvalue weighted by atomic mass is 35.5. The summed E-state index contributed by atoms with van der Waals surface area (Å²) in [5, 5.41) is -0.529. The molecule has 2 aromatic carbocycles. The van der Waals surface area contributed by atoms with E-state index in [0.717, 1.165) is 10.4 Å². The molecule has 0 N–H and O–H groups in total. The van der Waals surface area contributed by atoms with Crippen LogP contribution in [0.3, 0.4) is 0 Å². The zero-order valence-corrected chi connectivity index (χ0v) is 16.5. The average molecular weight is 436 g/mol. The van der Waals surface area contributed by atoms with Gasteiger partial charge in [-0.25, -0.2) is 8.42 Å². The molecule has 0 amide bonds. The summed E-state index contributed by atoms with van der Waals surface area (Å²) in [5.41, 5.74) is -1.34. The minimum absolute atomic E-state index is 0.161. The molecule has 0 aliphatic rings. The zero-order chi connectivity index (χ0) is 21.1. The van der Waals surface area contributed by atoms with Crippen LogP contribution < -0.4 is 13.8 Å². The summed E-state index contributed by atoms with van der Waals surface area (Å²) in [7, 11) is -1.50. The minimum Gasteiger partial charge on any atom is -0.493 e. The summed E-state index contributed by atoms with van der Waals surface area (Å²) >= 11 is 5.63. The van der Waals surface area contributed by atoms with Gasteiger partial charge in [0.15, 0.2) is 11.5 Å². The van der Waals surface area contributed by atoms with Crippen molar-refractivity contribution < 1.29 is 31.1 Å². The fourth-order valence-electron chi connectivity index (χ4n) is 2.45. The lowest BCUT2D eigenvalue weighted by atomic mass is 10.2. The first-order valence-corrected chi connectivity index (χ1v) is 9.60. The average Bonchev–Trinajstić information content (AvgIpc) is 2.65. The van der Waals surface area contributed by atoms with Crippen LogP contribution in [-0.2, 0) is 16.2 Å². The van der Waals surface area contributed by atoms with E-state index in [4.69, 9.17) is 21.1 Å². The Bertz CT molecular complexity index is 977. The van der Waals surface area contributed by atoms with Crippen LogP contribution in [0.5, 0.6) is 11.5 Å². The van der Waals surface area contributed by atoms with E-state index in [0.29, 0.717) is 11.8 Å². The molecule has 0 saturated heterocycles. The van der Waals surface area contributed by atoms with Crippen LogP contribution in [0.15, 0.2) is 53.9 Å². The first kappa shape index (κ1) is 21.9. The molecule has 0 aliphatic heterocycles. The minimum atomic E-state index is -4.74. The Morgan fingerprint density at radius 2 is 1.75 bits per heavy atom. The van der Waals surface area contributed by atoms with E-state index in [1.165, 1.54) is 44.6 Å². The molecule has 2 aromatic rings. The number of sulfonamides is 1. The Kier molecular flexibility index (Phi) is 6.51. The van der Waals surface area contributed by atoms with Crippen molar-refractivity contribution >= 4 is 27.3 Å². The molecular formula is C18H17ClF3NO4S. The topological polar surface area (TPSA) is 55.8 Å². The predicted molar refractivity (Wildman–Crippen MR) is 101 cm³/mol. The van der Waals surface area contributed by atoms with Crippen molar-refractivity contribution in [3.63, 3.8) is 0 Å². The fourth-order valence-corrected chi connectivity index (χ4v) is 4.12. The van der Waals surface area contributed by atoms with Crippen molar-refractivity contribution in [2.45, 2.75) is 11.1 Å². The van der Waals surface area contributed by atoms with Gasteiger partial charge in [0.05, 0.1) is 41.9 Å². The Balaban J connectivity index is 2.62. The zero-order valence-electron chi connectivity index (χ0n) is 15.0. The number of anilines is 1. The van der Waals surface area contributed by atoms with E-state index in [-0.39, 0.29) is 22.9 Å². The van der Waals surface area contributed by atoms with E-state index in [1.54, 1.807) is 0 Å². The van der Waals surface area contributed by atoms with E-state index in [1.807, 2.05) is 0 Å². The number of nitrogens with zero attached hydrogens (tertiary/aromatic N) is 1. The Morgan fingerprint density at radius 1 is 1.11 bits per heavy atom. The monoisotopic (exact) mass is 435 g/mol. The molecule has 0 heterocycles. The Labute approximate surface area is 166 Å². The Hall–Kier alpha value is -2.39. The van der Waals surface area contributed by atoms with Gasteiger partial charge in [-0.1, -0.05) is 17.7 Å². The number of alkyl halides is 3. The van der Waals surface area contributed by atoms with Crippen LogP contribution >= 0.6 is 11.6 Å². The van der Waals surface area contributed by atoms with Crippen molar-refractivity contribution in [1.82, 2.24) is 0 Å². The molecule has 0 radical (unpaired) electrons. The normalized spacial score (nSPS) is 11.8. The first-order valence-electron chi connectivity index (χ1n) is 7.78. The van der Waals surface area contributed by atoms with Gasteiger partial charge in [-0.15, -0.1) is 6.58 Å². The van der Waals surface area contributed by atoms with Crippen molar-refractivity contribution in [2.24, 2.45) is 0 Å². The second-order valence-corrected chi connectivity index (χ2v) is 7.77. The molecule has 5 nitrogen and oxygen atoms in total. The number of methoxy groups -OCH3 is 2. The number of hydrogen-bond donors (Lipinski definition) is 0. The van der Waals surface area contributed by atoms with Crippen LogP contribution in [0.1, 0.15) is 5.56 Å². The van der Waals surface area contributed by atoms with Crippen LogP contribution in [0.25, 0.3) is 0 Å². The van der Waals surface area contributed by atoms with E-state index < -0.39 is 26.8 Å². The summed E-state index contributed by atoms with van der Waals surface area (Å²) in [5.74, 6) is 0.469. The lowest BCUT2D eigenvalue weighted by Gasteiger charge is -2.24. The molecule has 152 valence electrons. The van der Waals surface area contributed by atoms with Gasteiger partial charge in [0.2, 0.25) is 0 Å². The van der Waals surface area contributed by atoms with Gasteiger partial charge in [0.25, 0.3) is 10.0 Å². The molecule has 0 aromatic heterocycles. The highest BCUT2D eigenvalue weighted by molar-refractivity contribution is 7.92. The van der Waals surface area contributed by atoms with E-state index >= 15 is 0 Å². The highest BCUT2D eigenvalue weighted by Gasteiger charge is 2.35. The number of halogens is 4. The molecule has 0 saturated carbocycles. The molecule has 0 spiro atoms. The third kappa shape index (κ3) is 4.36. The fraction of sp³-hybridized carbons (Fsp3) is 0.222. The number of benzene rings is 2. The first-order chi connectivity index (χ1) is 13.1. The van der Waals surface area contributed by atoms with Gasteiger partial charge in [0.1, 0.15) is 0 Å². The molecule has 0 bridgehead atoms. The lowest BCUT2D eigenvalue weighted by molar-refractivity contribution is -0.137. The van der Waals surface area contributed by atoms with Crippen LogP contribution in [0.2, 0.25) is 5.02 Å². The van der Waals surface area contributed by atoms with Crippen molar-refractivity contribution in [1.29, 1.82) is 0 Å². The van der Waals surface area contributed by atoms with Crippen molar-refractivity contribution in [3.8, 4) is 11.5 Å². The second-order valence-electron chi connectivity index (χ2n) is 5.50. The van der Waals surface area contributed by atoms with Gasteiger partial charge < -0.3 is 9.47 Å². The Morgan fingerprint density at radius 3 is 2.29 bits per heavy atom. The predicted octanol–water partition coefficient (Wildman–Crippen LogP) is 4.76. The third-order valence-corrected chi connectivity index (χ3v) is 5.90. The largest absolute Gasteiger partial charge is 0.493 e. The molecule has 0 fully saturated rings. The van der Waals surface area contributed by atoms with Crippen molar-refractivity contribution in [2.75, 3.05) is 25.1 Å². The molecule has 0 atom stereocenters. The number of rotatable bonds is 7. The summed E-state index contributed by atoms with van der Waals surface area (Å²) in [6.07, 6.45) is -3.47. The van der Waals surface area contributed by atoms with Crippen LogP contribution in [-0.4, -0.2) is 29.2 Å². The maximum Gasteiger partial charge on any atom is 0.417 e. The van der Waals surface area contributed by atoms with E-state index in [9.17, 15) is 21.6 Å². The van der Waals surface area contributed by atoms with Crippen LogP contribution in [0.4, 0.5) is 18.9 Å². The molecule has 0 aliphatic carbocycles. The highest BCUT2D eigenvalue weighted by Crippen LogP contribution is 2.38. The third-order valence-electron chi connectivity index (χ3n) is 3.78. The second kappa shape index (κ2) is 8.32. The lowest BCUT2D eigenvalue weighted by Crippen LogP contribution is -2.31. The van der Waals surface area contributed by atoms with Gasteiger partial charge in [0, 0.05) is 6.07 Å². The van der Waals surface area contributed by atoms with Gasteiger partial charge in [-0.05, 0) is 30.3 Å². The van der Waals surface area contributed by atoms with Crippen LogP contribution in [0, 0.1) is 0 Å². The SMILES string of the molecule is C=CCN(c1ccc(Cl)c(C(F)(F)F)c1)S(=O)(=O)c1ccc(OC)c(OC)c1. The number of hydrogen-bond acceptors (Lipinski definition) is 4. The summed E-state index contributed by atoms with van der Waals surface area (Å²) < 4.78 is 76.7. The molecule has 28 heavy (non-hydrogen) atoms. The summed E-state index contributed by atoms with van der Waals surface area (Å²) in [4.78, 5) is -0.185. The molecule has 10 heteroatoms. The number of ether oxygens (including phenoxy) is 2. The quantitative estimate of drug-likeness (QED) is 0.588. The standard InChI is InChI=1S/C18H17ClF3NO4S/c1-4-9-23(12-5-7-15(19)14(10-12)18(20,21)22)28(24,25)13-6-8-16(26-2)17(11-13)27-3/h4-8,10-11H,1,9H2,2-3H3. The molecule has 2 rings (SSSR count). The van der Waals surface area contributed by atoms with Gasteiger partial charge in [-0.2, -0.15) is 13.2 Å². The maximum atomic E-state index is 13.2. The van der Waals surface area contributed by atoms with Gasteiger partial charge in [-0.3, -0.25) is 4.31 Å². The summed E-state index contributed by atoms with van der Waals surface area (Å²) in [6, 6.07) is 6.77. The molecule has 0 unspecified atom stereocenters. The van der Waals surface area contributed by atoms with E-state index in [2.05, 4.69) is 6.58 Å². The van der Waals surface area contributed by atoms with Gasteiger partial charge >= 0.3 is 6.18 Å².